The van der Waals surface area contributed by atoms with Crippen molar-refractivity contribution in [3.05, 3.63) is 23.3 Å². The first-order valence-electron chi connectivity index (χ1n) is 5.54. The molecule has 0 fully saturated rings. The van der Waals surface area contributed by atoms with E-state index in [1.807, 2.05) is 6.92 Å². The molecular formula is C13H16O4. The highest BCUT2D eigenvalue weighted by atomic mass is 16.5. The Balaban J connectivity index is 3.18. The number of allylic oxidation sites excluding steroid dienone is 3. The number of methoxy groups -OCH3 is 1. The van der Waals surface area contributed by atoms with E-state index in [0.29, 0.717) is 17.6 Å². The monoisotopic (exact) mass is 236 g/mol. The van der Waals surface area contributed by atoms with Crippen molar-refractivity contribution in [1.82, 2.24) is 0 Å². The van der Waals surface area contributed by atoms with Crippen LogP contribution in [0.4, 0.5) is 0 Å². The van der Waals surface area contributed by atoms with E-state index in [-0.39, 0.29) is 24.0 Å². The van der Waals surface area contributed by atoms with E-state index in [2.05, 4.69) is 0 Å². The molecule has 1 aliphatic rings. The highest BCUT2D eigenvalue weighted by molar-refractivity contribution is 6.05. The Hall–Kier alpha value is -1.71. The molecule has 17 heavy (non-hydrogen) atoms. The molecule has 0 spiro atoms. The highest BCUT2D eigenvalue weighted by Gasteiger charge is 2.27. The molecule has 0 bridgehead atoms. The van der Waals surface area contributed by atoms with Crippen LogP contribution < -0.4 is 0 Å². The molecule has 0 radical (unpaired) electrons. The van der Waals surface area contributed by atoms with E-state index in [9.17, 15) is 14.4 Å². The van der Waals surface area contributed by atoms with Crippen molar-refractivity contribution in [2.45, 2.75) is 26.7 Å². The number of Topliss-reactive ketones (excluding diaryl/α,β-unsaturated/α-hetero) is 1. The maximum atomic E-state index is 11.6. The zero-order valence-corrected chi connectivity index (χ0v) is 10.3. The summed E-state index contributed by atoms with van der Waals surface area (Å²) in [5.41, 5.74) is 1.04. The van der Waals surface area contributed by atoms with Gasteiger partial charge in [-0.2, -0.15) is 0 Å². The van der Waals surface area contributed by atoms with E-state index >= 15 is 0 Å². The van der Waals surface area contributed by atoms with Gasteiger partial charge in [0.2, 0.25) is 0 Å². The lowest BCUT2D eigenvalue weighted by Crippen LogP contribution is -2.22. The first kappa shape index (κ1) is 13.4. The van der Waals surface area contributed by atoms with Gasteiger partial charge in [0.15, 0.2) is 11.6 Å². The second-order valence-electron chi connectivity index (χ2n) is 3.95. The summed E-state index contributed by atoms with van der Waals surface area (Å²) in [4.78, 5) is 34.4. The number of carbonyl (C=O) groups is 3. The fourth-order valence-corrected chi connectivity index (χ4v) is 1.93. The van der Waals surface area contributed by atoms with E-state index in [1.165, 1.54) is 20.1 Å². The van der Waals surface area contributed by atoms with Crippen LogP contribution in [-0.4, -0.2) is 24.6 Å². The number of hydrogen-bond donors (Lipinski definition) is 0. The molecule has 0 saturated heterocycles. The van der Waals surface area contributed by atoms with Gasteiger partial charge in [0.1, 0.15) is 0 Å². The van der Waals surface area contributed by atoms with Crippen molar-refractivity contribution in [2.24, 2.45) is 5.92 Å². The zero-order valence-electron chi connectivity index (χ0n) is 10.3. The Labute approximate surface area is 100 Å². The molecule has 1 unspecified atom stereocenters. The Morgan fingerprint density at radius 3 is 2.53 bits per heavy atom. The third-order valence-electron chi connectivity index (χ3n) is 2.84. The van der Waals surface area contributed by atoms with Gasteiger partial charge < -0.3 is 4.74 Å². The van der Waals surface area contributed by atoms with Crippen molar-refractivity contribution in [3.8, 4) is 0 Å². The summed E-state index contributed by atoms with van der Waals surface area (Å²) in [6.07, 6.45) is 3.59. The predicted molar refractivity (Wildman–Crippen MR) is 62.3 cm³/mol. The minimum Gasteiger partial charge on any atom is -0.469 e. The van der Waals surface area contributed by atoms with Crippen molar-refractivity contribution in [1.29, 1.82) is 0 Å². The number of ether oxygens (including phenoxy) is 1. The minimum atomic E-state index is -0.469. The Morgan fingerprint density at radius 2 is 2.06 bits per heavy atom. The summed E-state index contributed by atoms with van der Waals surface area (Å²) in [5.74, 6) is -1.12. The third-order valence-corrected chi connectivity index (χ3v) is 2.84. The van der Waals surface area contributed by atoms with Crippen LogP contribution >= 0.6 is 0 Å². The Kier molecular flexibility index (Phi) is 4.37. The predicted octanol–water partition coefficient (Wildman–Crippen LogP) is 1.60. The van der Waals surface area contributed by atoms with Gasteiger partial charge in [0.25, 0.3) is 0 Å². The molecule has 1 aliphatic carbocycles. The first-order chi connectivity index (χ1) is 8.01. The SMILES string of the molecule is CCC(C(=O)OC)C1=C(C(C)=O)CC(=O)C=C1. The van der Waals surface area contributed by atoms with Gasteiger partial charge in [-0.05, 0) is 25.0 Å². The summed E-state index contributed by atoms with van der Waals surface area (Å²) in [6.45, 7) is 3.25. The van der Waals surface area contributed by atoms with Gasteiger partial charge in [0.05, 0.1) is 13.0 Å². The molecule has 92 valence electrons. The van der Waals surface area contributed by atoms with Crippen LogP contribution in [0.25, 0.3) is 0 Å². The van der Waals surface area contributed by atoms with Gasteiger partial charge in [-0.3, -0.25) is 14.4 Å². The molecule has 0 aromatic carbocycles. The molecule has 1 atom stereocenters. The van der Waals surface area contributed by atoms with E-state index < -0.39 is 5.92 Å². The number of esters is 1. The lowest BCUT2D eigenvalue weighted by Gasteiger charge is -2.19. The lowest BCUT2D eigenvalue weighted by molar-refractivity contribution is -0.144. The molecule has 4 heteroatoms. The maximum absolute atomic E-state index is 11.6. The molecule has 0 aromatic rings. The fraction of sp³-hybridized carbons (Fsp3) is 0.462. The molecular weight excluding hydrogens is 220 g/mol. The highest BCUT2D eigenvalue weighted by Crippen LogP contribution is 2.27. The number of hydrogen-bond acceptors (Lipinski definition) is 4. The van der Waals surface area contributed by atoms with Crippen LogP contribution in [0.15, 0.2) is 23.3 Å². The Morgan fingerprint density at radius 1 is 1.41 bits per heavy atom. The summed E-state index contributed by atoms with van der Waals surface area (Å²) in [7, 11) is 1.32. The summed E-state index contributed by atoms with van der Waals surface area (Å²) in [6, 6.07) is 0. The molecule has 0 amide bonds. The topological polar surface area (TPSA) is 60.4 Å². The van der Waals surface area contributed by atoms with Crippen LogP contribution in [0.2, 0.25) is 0 Å². The molecule has 0 N–H and O–H groups in total. The molecule has 0 heterocycles. The number of rotatable bonds is 4. The van der Waals surface area contributed by atoms with Crippen LogP contribution in [0.5, 0.6) is 0 Å². The van der Waals surface area contributed by atoms with Crippen molar-refractivity contribution >= 4 is 17.5 Å². The van der Waals surface area contributed by atoms with Crippen LogP contribution in [0.3, 0.4) is 0 Å². The van der Waals surface area contributed by atoms with Crippen LogP contribution in [0, 0.1) is 5.92 Å². The normalized spacial score (nSPS) is 17.0. The van der Waals surface area contributed by atoms with E-state index in [1.54, 1.807) is 6.08 Å². The minimum absolute atomic E-state index is 0.0780. The number of ketones is 2. The van der Waals surface area contributed by atoms with Gasteiger partial charge >= 0.3 is 5.97 Å². The number of carbonyl (C=O) groups excluding carboxylic acids is 3. The summed E-state index contributed by atoms with van der Waals surface area (Å²) >= 11 is 0. The fourth-order valence-electron chi connectivity index (χ4n) is 1.93. The van der Waals surface area contributed by atoms with Crippen LogP contribution in [0.1, 0.15) is 26.7 Å². The average molecular weight is 236 g/mol. The maximum Gasteiger partial charge on any atom is 0.313 e. The van der Waals surface area contributed by atoms with Crippen molar-refractivity contribution in [3.63, 3.8) is 0 Å². The van der Waals surface area contributed by atoms with Gasteiger partial charge in [-0.15, -0.1) is 0 Å². The quantitative estimate of drug-likeness (QED) is 0.695. The second kappa shape index (κ2) is 5.57. The zero-order chi connectivity index (χ0) is 13.0. The first-order valence-corrected chi connectivity index (χ1v) is 5.54. The van der Waals surface area contributed by atoms with Gasteiger partial charge in [-0.1, -0.05) is 13.0 Å². The molecule has 0 aliphatic heterocycles. The second-order valence-corrected chi connectivity index (χ2v) is 3.95. The van der Waals surface area contributed by atoms with Crippen molar-refractivity contribution in [2.75, 3.05) is 7.11 Å². The largest absolute Gasteiger partial charge is 0.469 e. The molecule has 0 saturated carbocycles. The van der Waals surface area contributed by atoms with E-state index in [0.717, 1.165) is 0 Å². The molecule has 4 nitrogen and oxygen atoms in total. The molecule has 0 aromatic heterocycles. The standard InChI is InChI=1S/C13H16O4/c1-4-10(13(16)17-3)11-6-5-9(15)7-12(11)8(2)14/h5-6,10H,4,7H2,1-3H3. The summed E-state index contributed by atoms with van der Waals surface area (Å²) in [5, 5.41) is 0. The van der Waals surface area contributed by atoms with Gasteiger partial charge in [0, 0.05) is 12.0 Å². The average Bonchev–Trinajstić information content (AvgIpc) is 2.31. The van der Waals surface area contributed by atoms with Crippen molar-refractivity contribution < 1.29 is 19.1 Å². The van der Waals surface area contributed by atoms with Crippen LogP contribution in [-0.2, 0) is 19.1 Å². The Bertz CT molecular complexity index is 415. The third kappa shape index (κ3) is 2.90. The van der Waals surface area contributed by atoms with E-state index in [4.69, 9.17) is 4.74 Å². The summed E-state index contributed by atoms with van der Waals surface area (Å²) < 4.78 is 4.71. The van der Waals surface area contributed by atoms with Gasteiger partial charge in [-0.25, -0.2) is 0 Å². The molecule has 1 rings (SSSR count). The lowest BCUT2D eigenvalue weighted by atomic mass is 9.85. The smallest absolute Gasteiger partial charge is 0.313 e.